The highest BCUT2D eigenvalue weighted by Gasteiger charge is 2.23. The average molecular weight is 676 g/mol. The molecule has 0 aliphatic heterocycles. The highest BCUT2D eigenvalue weighted by molar-refractivity contribution is 7.47. The van der Waals surface area contributed by atoms with Gasteiger partial charge in [0, 0.05) is 19.4 Å². The Morgan fingerprint density at radius 2 is 1.13 bits per heavy atom. The van der Waals surface area contributed by atoms with E-state index >= 15 is 0 Å². The number of allylic oxidation sites excluding steroid dienone is 2. The quantitative estimate of drug-likeness (QED) is 0.0262. The molecule has 0 aromatic rings. The van der Waals surface area contributed by atoms with E-state index in [1.54, 1.807) is 0 Å². The third-order valence-corrected chi connectivity index (χ3v) is 8.93. The van der Waals surface area contributed by atoms with E-state index in [-0.39, 0.29) is 32.1 Å². The summed E-state index contributed by atoms with van der Waals surface area (Å²) in [7, 11) is -4.40. The highest BCUT2D eigenvalue weighted by Crippen LogP contribution is 2.42. The minimum atomic E-state index is -4.40. The van der Waals surface area contributed by atoms with E-state index < -0.39 is 26.5 Å². The maximum absolute atomic E-state index is 12.0. The van der Waals surface area contributed by atoms with Crippen LogP contribution < -0.4 is 5.32 Å². The van der Waals surface area contributed by atoms with Crippen molar-refractivity contribution in [3.8, 4) is 0 Å². The van der Waals surface area contributed by atoms with Gasteiger partial charge in [0.2, 0.25) is 5.91 Å². The third kappa shape index (κ3) is 34.1. The van der Waals surface area contributed by atoms with E-state index in [4.69, 9.17) is 13.8 Å². The molecular weight excluding hydrogens is 605 g/mol. The van der Waals surface area contributed by atoms with Crippen LogP contribution in [0.1, 0.15) is 174 Å². The molecule has 46 heavy (non-hydrogen) atoms. The fourth-order valence-electron chi connectivity index (χ4n) is 5.07. The van der Waals surface area contributed by atoms with Gasteiger partial charge in [-0.05, 0) is 32.1 Å². The zero-order valence-electron chi connectivity index (χ0n) is 29.5. The Bertz CT molecular complexity index is 779. The van der Waals surface area contributed by atoms with Crippen LogP contribution >= 0.6 is 7.82 Å². The Balaban J connectivity index is 3.61. The van der Waals surface area contributed by atoms with E-state index in [2.05, 4.69) is 31.3 Å². The van der Waals surface area contributed by atoms with Crippen LogP contribution in [0.15, 0.2) is 12.2 Å². The van der Waals surface area contributed by atoms with Crippen molar-refractivity contribution >= 4 is 19.7 Å². The fraction of sp³-hybridized carbons (Fsp3) is 0.889. The van der Waals surface area contributed by atoms with Gasteiger partial charge in [-0.3, -0.25) is 18.6 Å². The predicted molar refractivity (Wildman–Crippen MR) is 188 cm³/mol. The van der Waals surface area contributed by atoms with Gasteiger partial charge in [0.05, 0.1) is 13.2 Å². The number of hydrogen-bond donors (Lipinski definition) is 3. The SMILES string of the molecule is CCCC/C=C\CCCCCCCC(=O)OCC(O)COP(=O)(O)OCCNC(=O)CCCCCCCCCCCCCCCC. The number of amides is 1. The molecule has 0 heterocycles. The molecule has 0 aromatic carbocycles. The Kier molecular flexibility index (Phi) is 32.7. The number of hydrogen-bond acceptors (Lipinski definition) is 7. The van der Waals surface area contributed by atoms with Crippen molar-refractivity contribution in [3.63, 3.8) is 0 Å². The van der Waals surface area contributed by atoms with Crippen molar-refractivity contribution in [1.29, 1.82) is 0 Å². The van der Waals surface area contributed by atoms with Crippen molar-refractivity contribution in [1.82, 2.24) is 5.32 Å². The first-order valence-electron chi connectivity index (χ1n) is 18.7. The zero-order valence-corrected chi connectivity index (χ0v) is 30.4. The van der Waals surface area contributed by atoms with E-state index in [9.17, 15) is 24.2 Å². The lowest BCUT2D eigenvalue weighted by molar-refractivity contribution is -0.147. The number of aliphatic hydroxyl groups is 1. The Morgan fingerprint density at radius 3 is 1.70 bits per heavy atom. The van der Waals surface area contributed by atoms with Crippen molar-refractivity contribution < 1.29 is 37.9 Å². The molecule has 0 aliphatic carbocycles. The maximum atomic E-state index is 12.0. The number of phosphoric acid groups is 1. The summed E-state index contributed by atoms with van der Waals surface area (Å²) in [6.45, 7) is 3.50. The number of phosphoric ester groups is 1. The molecule has 9 nitrogen and oxygen atoms in total. The smallest absolute Gasteiger partial charge is 0.463 e. The molecule has 0 radical (unpaired) electrons. The number of carbonyl (C=O) groups is 2. The molecule has 0 fully saturated rings. The van der Waals surface area contributed by atoms with Crippen LogP contribution in [0.2, 0.25) is 0 Å². The van der Waals surface area contributed by atoms with Crippen LogP contribution in [0, 0.1) is 0 Å². The molecule has 0 saturated heterocycles. The number of unbranched alkanes of at least 4 members (excludes halogenated alkanes) is 20. The topological polar surface area (TPSA) is 131 Å². The first kappa shape index (κ1) is 44.8. The third-order valence-electron chi connectivity index (χ3n) is 7.95. The van der Waals surface area contributed by atoms with Crippen LogP contribution in [-0.4, -0.2) is 54.3 Å². The van der Waals surface area contributed by atoms with Gasteiger partial charge in [0.15, 0.2) is 0 Å². The molecular formula is C36H70NO8P. The van der Waals surface area contributed by atoms with Gasteiger partial charge >= 0.3 is 13.8 Å². The van der Waals surface area contributed by atoms with E-state index in [0.29, 0.717) is 6.42 Å². The van der Waals surface area contributed by atoms with Gasteiger partial charge in [-0.25, -0.2) is 4.57 Å². The van der Waals surface area contributed by atoms with Crippen LogP contribution in [0.25, 0.3) is 0 Å². The summed E-state index contributed by atoms with van der Waals surface area (Å²) in [5.74, 6) is -0.523. The second kappa shape index (κ2) is 33.6. The summed E-state index contributed by atoms with van der Waals surface area (Å²) in [6.07, 6.45) is 31.4. The summed E-state index contributed by atoms with van der Waals surface area (Å²) in [5.41, 5.74) is 0. The second-order valence-corrected chi connectivity index (χ2v) is 14.0. The molecule has 10 heteroatoms. The summed E-state index contributed by atoms with van der Waals surface area (Å²) in [5, 5.41) is 12.6. The van der Waals surface area contributed by atoms with E-state index in [0.717, 1.165) is 64.2 Å². The molecule has 3 N–H and O–H groups in total. The second-order valence-electron chi connectivity index (χ2n) is 12.6. The standard InChI is InChI=1S/C36H70NO8P/c1-3-5-7-9-11-13-15-16-17-19-20-22-24-26-28-35(39)37-30-31-44-46(41,42)45-33-34(38)32-43-36(40)29-27-25-23-21-18-14-12-10-8-6-4-2/h10,12,34,38H,3-9,11,13-33H2,1-2H3,(H,37,39)(H,41,42)/b12-10-. The van der Waals surface area contributed by atoms with Crippen molar-refractivity contribution in [2.45, 2.75) is 180 Å². The van der Waals surface area contributed by atoms with Gasteiger partial charge in [-0.15, -0.1) is 0 Å². The molecule has 1 amide bonds. The monoisotopic (exact) mass is 675 g/mol. The largest absolute Gasteiger partial charge is 0.472 e. The first-order valence-corrected chi connectivity index (χ1v) is 20.2. The number of esters is 1. The van der Waals surface area contributed by atoms with Gasteiger partial charge in [0.25, 0.3) is 0 Å². The summed E-state index contributed by atoms with van der Waals surface area (Å²) in [6, 6.07) is 0. The van der Waals surface area contributed by atoms with E-state index in [1.165, 1.54) is 83.5 Å². The molecule has 0 saturated carbocycles. The molecule has 0 rings (SSSR count). The fourth-order valence-corrected chi connectivity index (χ4v) is 5.82. The molecule has 2 atom stereocenters. The first-order chi connectivity index (χ1) is 22.3. The van der Waals surface area contributed by atoms with Gasteiger partial charge in [-0.2, -0.15) is 0 Å². The normalized spacial score (nSPS) is 13.6. The van der Waals surface area contributed by atoms with Crippen LogP contribution in [0.5, 0.6) is 0 Å². The lowest BCUT2D eigenvalue weighted by Gasteiger charge is -2.15. The van der Waals surface area contributed by atoms with E-state index in [1.807, 2.05) is 0 Å². The van der Waals surface area contributed by atoms with Crippen LogP contribution in [-0.2, 0) is 27.9 Å². The summed E-state index contributed by atoms with van der Waals surface area (Å²) in [4.78, 5) is 33.7. The lowest BCUT2D eigenvalue weighted by Crippen LogP contribution is -2.27. The highest BCUT2D eigenvalue weighted by atomic mass is 31.2. The maximum Gasteiger partial charge on any atom is 0.472 e. The summed E-state index contributed by atoms with van der Waals surface area (Å²) < 4.78 is 26.7. The number of nitrogens with one attached hydrogen (secondary N) is 1. The lowest BCUT2D eigenvalue weighted by atomic mass is 10.0. The average Bonchev–Trinajstić information content (AvgIpc) is 3.04. The van der Waals surface area contributed by atoms with Gasteiger partial charge in [0.1, 0.15) is 12.7 Å². The predicted octanol–water partition coefficient (Wildman–Crippen LogP) is 9.49. The minimum Gasteiger partial charge on any atom is -0.463 e. The molecule has 0 aromatic heterocycles. The van der Waals surface area contributed by atoms with Crippen molar-refractivity contribution in [3.05, 3.63) is 12.2 Å². The van der Waals surface area contributed by atoms with Gasteiger partial charge in [-0.1, -0.05) is 142 Å². The molecule has 0 spiro atoms. The van der Waals surface area contributed by atoms with Gasteiger partial charge < -0.3 is 20.1 Å². The number of aliphatic hydroxyl groups excluding tert-OH is 1. The molecule has 2 unspecified atom stereocenters. The number of ether oxygens (including phenoxy) is 1. The van der Waals surface area contributed by atoms with Crippen molar-refractivity contribution in [2.24, 2.45) is 0 Å². The Labute approximate surface area is 281 Å². The van der Waals surface area contributed by atoms with Crippen LogP contribution in [0.4, 0.5) is 0 Å². The molecule has 272 valence electrons. The zero-order chi connectivity index (χ0) is 34.0. The van der Waals surface area contributed by atoms with Crippen LogP contribution in [0.3, 0.4) is 0 Å². The Morgan fingerprint density at radius 1 is 0.652 bits per heavy atom. The van der Waals surface area contributed by atoms with Crippen molar-refractivity contribution in [2.75, 3.05) is 26.4 Å². The number of carbonyl (C=O) groups excluding carboxylic acids is 2. The Hall–Kier alpha value is -1.25. The minimum absolute atomic E-state index is 0.0849. The number of rotatable bonds is 35. The molecule has 0 aliphatic rings. The molecule has 0 bridgehead atoms. The summed E-state index contributed by atoms with van der Waals surface area (Å²) >= 11 is 0.